The second-order valence-corrected chi connectivity index (χ2v) is 6.21. The molecule has 2 aromatic rings. The van der Waals surface area contributed by atoms with Gasteiger partial charge in [-0.05, 0) is 6.42 Å². The lowest BCUT2D eigenvalue weighted by Crippen LogP contribution is -2.18. The van der Waals surface area contributed by atoms with Gasteiger partial charge in [0.1, 0.15) is 0 Å². The van der Waals surface area contributed by atoms with E-state index >= 15 is 0 Å². The lowest BCUT2D eigenvalue weighted by atomic mass is 9.93. The van der Waals surface area contributed by atoms with Crippen LogP contribution in [0, 0.1) is 11.8 Å². The molecule has 0 unspecified atom stereocenters. The van der Waals surface area contributed by atoms with Crippen molar-refractivity contribution in [3.05, 3.63) is 71.8 Å². The van der Waals surface area contributed by atoms with Crippen molar-refractivity contribution < 1.29 is 9.47 Å². The minimum absolute atomic E-state index is 0.00657. The van der Waals surface area contributed by atoms with Crippen LogP contribution < -0.4 is 0 Å². The molecule has 0 radical (unpaired) electrons. The Balaban J connectivity index is 1.60. The normalized spacial score (nSPS) is 26.0. The van der Waals surface area contributed by atoms with Gasteiger partial charge >= 0.3 is 0 Å². The monoisotopic (exact) mass is 307 g/mol. The molecule has 0 aromatic heterocycles. The maximum Gasteiger partial charge on any atom is 0.160 e. The van der Waals surface area contributed by atoms with Crippen LogP contribution in [0.4, 0.5) is 0 Å². The van der Waals surface area contributed by atoms with Gasteiger partial charge in [0.2, 0.25) is 0 Å². The number of benzene rings is 2. The Morgan fingerprint density at radius 2 is 1.57 bits per heavy atom. The predicted molar refractivity (Wildman–Crippen MR) is 90.7 cm³/mol. The van der Waals surface area contributed by atoms with Crippen LogP contribution in [0.2, 0.25) is 0 Å². The first-order chi connectivity index (χ1) is 11.4. The summed E-state index contributed by atoms with van der Waals surface area (Å²) in [6.07, 6.45) is 1.10. The van der Waals surface area contributed by atoms with Crippen molar-refractivity contribution in [3.63, 3.8) is 0 Å². The van der Waals surface area contributed by atoms with E-state index in [4.69, 9.17) is 14.5 Å². The molecule has 2 heterocycles. The summed E-state index contributed by atoms with van der Waals surface area (Å²) in [5.74, 6) is 0.969. The number of rotatable bonds is 4. The van der Waals surface area contributed by atoms with Gasteiger partial charge in [-0.2, -0.15) is 0 Å². The highest BCUT2D eigenvalue weighted by Gasteiger charge is 2.41. The van der Waals surface area contributed by atoms with Gasteiger partial charge in [0.15, 0.2) is 6.29 Å². The Morgan fingerprint density at radius 3 is 2.22 bits per heavy atom. The van der Waals surface area contributed by atoms with Gasteiger partial charge in [0, 0.05) is 29.5 Å². The van der Waals surface area contributed by atoms with Gasteiger partial charge < -0.3 is 9.47 Å². The number of fused-ring (bicyclic) bond motifs is 1. The van der Waals surface area contributed by atoms with Gasteiger partial charge in [0.25, 0.3) is 0 Å². The molecule has 0 bridgehead atoms. The number of nitrogens with zero attached hydrogens (tertiary/aromatic N) is 1. The number of hydrogen-bond acceptors (Lipinski definition) is 3. The smallest absolute Gasteiger partial charge is 0.160 e. The standard InChI is InChI=1S/C20H21NO2/c1-3-7-15(8-4-1)19(16-9-5-2-6-10-16)21-13-17-14-23-20-18(17)11-12-22-20/h1-10,17-18,20H,11-14H2/t17-,18-,20+/m0/s1. The molecule has 2 aliphatic heterocycles. The maximum absolute atomic E-state index is 5.74. The molecule has 4 rings (SSSR count). The average Bonchev–Trinajstić information content (AvgIpc) is 3.22. The van der Waals surface area contributed by atoms with Gasteiger partial charge in [-0.15, -0.1) is 0 Å². The summed E-state index contributed by atoms with van der Waals surface area (Å²) < 4.78 is 11.4. The van der Waals surface area contributed by atoms with Crippen molar-refractivity contribution in [1.82, 2.24) is 0 Å². The highest BCUT2D eigenvalue weighted by Crippen LogP contribution is 2.35. The van der Waals surface area contributed by atoms with Crippen LogP contribution in [-0.2, 0) is 9.47 Å². The van der Waals surface area contributed by atoms with Crippen LogP contribution in [0.1, 0.15) is 17.5 Å². The first-order valence-corrected chi connectivity index (χ1v) is 8.30. The Hall–Kier alpha value is -1.97. The third-order valence-electron chi connectivity index (χ3n) is 4.74. The van der Waals surface area contributed by atoms with E-state index in [9.17, 15) is 0 Å². The van der Waals surface area contributed by atoms with E-state index in [1.165, 1.54) is 0 Å². The van der Waals surface area contributed by atoms with Crippen LogP contribution in [0.25, 0.3) is 0 Å². The number of aliphatic imine (C=N–C) groups is 1. The van der Waals surface area contributed by atoms with E-state index in [-0.39, 0.29) is 6.29 Å². The zero-order valence-corrected chi connectivity index (χ0v) is 13.1. The third kappa shape index (κ3) is 3.07. The summed E-state index contributed by atoms with van der Waals surface area (Å²) in [7, 11) is 0. The molecule has 0 spiro atoms. The van der Waals surface area contributed by atoms with Crippen LogP contribution in [0.15, 0.2) is 65.7 Å². The summed E-state index contributed by atoms with van der Waals surface area (Å²) in [5.41, 5.74) is 3.39. The highest BCUT2D eigenvalue weighted by atomic mass is 16.7. The number of hydrogen-bond donors (Lipinski definition) is 0. The molecule has 0 amide bonds. The van der Waals surface area contributed by atoms with Crippen molar-refractivity contribution in [2.45, 2.75) is 12.7 Å². The molecular formula is C20H21NO2. The van der Waals surface area contributed by atoms with Crippen molar-refractivity contribution in [2.75, 3.05) is 19.8 Å². The molecule has 0 saturated carbocycles. The highest BCUT2D eigenvalue weighted by molar-refractivity contribution is 6.12. The van der Waals surface area contributed by atoms with E-state index < -0.39 is 0 Å². The molecule has 118 valence electrons. The van der Waals surface area contributed by atoms with Gasteiger partial charge in [-0.1, -0.05) is 60.7 Å². The first-order valence-electron chi connectivity index (χ1n) is 8.30. The van der Waals surface area contributed by atoms with Crippen LogP contribution in [-0.4, -0.2) is 31.8 Å². The average molecular weight is 307 g/mol. The van der Waals surface area contributed by atoms with Crippen LogP contribution >= 0.6 is 0 Å². The van der Waals surface area contributed by atoms with Crippen LogP contribution in [0.5, 0.6) is 0 Å². The second-order valence-electron chi connectivity index (χ2n) is 6.21. The first kappa shape index (κ1) is 14.6. The fourth-order valence-electron chi connectivity index (χ4n) is 3.49. The second kappa shape index (κ2) is 6.65. The Morgan fingerprint density at radius 1 is 0.913 bits per heavy atom. The van der Waals surface area contributed by atoms with E-state index in [0.717, 1.165) is 43.0 Å². The van der Waals surface area contributed by atoms with Gasteiger partial charge in [-0.25, -0.2) is 0 Å². The Kier molecular flexibility index (Phi) is 4.22. The summed E-state index contributed by atoms with van der Waals surface area (Å²) in [5, 5.41) is 0. The fraction of sp³-hybridized carbons (Fsp3) is 0.350. The molecule has 2 saturated heterocycles. The van der Waals surface area contributed by atoms with Crippen molar-refractivity contribution >= 4 is 5.71 Å². The molecule has 3 heteroatoms. The Labute approximate surface area is 137 Å². The largest absolute Gasteiger partial charge is 0.352 e. The van der Waals surface area contributed by atoms with Crippen molar-refractivity contribution in [2.24, 2.45) is 16.8 Å². The van der Waals surface area contributed by atoms with Crippen molar-refractivity contribution in [1.29, 1.82) is 0 Å². The van der Waals surface area contributed by atoms with E-state index in [0.29, 0.717) is 11.8 Å². The maximum atomic E-state index is 5.74. The molecule has 0 N–H and O–H groups in total. The quantitative estimate of drug-likeness (QED) is 0.809. The zero-order chi connectivity index (χ0) is 15.5. The van der Waals surface area contributed by atoms with Gasteiger partial charge in [-0.3, -0.25) is 4.99 Å². The molecule has 2 aliphatic rings. The minimum Gasteiger partial charge on any atom is -0.352 e. The van der Waals surface area contributed by atoms with E-state index in [1.807, 2.05) is 12.1 Å². The fourth-order valence-corrected chi connectivity index (χ4v) is 3.49. The summed E-state index contributed by atoms with van der Waals surface area (Å²) in [6, 6.07) is 20.8. The minimum atomic E-state index is 0.00657. The zero-order valence-electron chi connectivity index (χ0n) is 13.1. The van der Waals surface area contributed by atoms with E-state index in [1.54, 1.807) is 0 Å². The molecular weight excluding hydrogens is 286 g/mol. The molecule has 0 aliphatic carbocycles. The summed E-state index contributed by atoms with van der Waals surface area (Å²) in [6.45, 7) is 2.37. The summed E-state index contributed by atoms with van der Waals surface area (Å²) >= 11 is 0. The van der Waals surface area contributed by atoms with Crippen LogP contribution in [0.3, 0.4) is 0 Å². The summed E-state index contributed by atoms with van der Waals surface area (Å²) in [4.78, 5) is 4.99. The molecule has 3 atom stereocenters. The van der Waals surface area contributed by atoms with Gasteiger partial charge in [0.05, 0.1) is 18.9 Å². The number of ether oxygens (including phenoxy) is 2. The lowest BCUT2D eigenvalue weighted by Gasteiger charge is -2.14. The SMILES string of the molecule is c1ccc(C(=NC[C@H]2CO[C@H]3OCC[C@@H]23)c2ccccc2)cc1. The molecule has 3 nitrogen and oxygen atoms in total. The topological polar surface area (TPSA) is 30.8 Å². The van der Waals surface area contributed by atoms with E-state index in [2.05, 4.69) is 48.5 Å². The molecule has 2 aromatic carbocycles. The predicted octanol–water partition coefficient (Wildman–Crippen LogP) is 3.53. The molecule has 23 heavy (non-hydrogen) atoms. The third-order valence-corrected chi connectivity index (χ3v) is 4.74. The van der Waals surface area contributed by atoms with Crippen molar-refractivity contribution in [3.8, 4) is 0 Å². The Bertz CT molecular complexity index is 627. The molecule has 2 fully saturated rings. The lowest BCUT2D eigenvalue weighted by molar-refractivity contribution is -0.0905.